The van der Waals surface area contributed by atoms with Crippen molar-refractivity contribution in [3.05, 3.63) is 66.2 Å². The van der Waals surface area contributed by atoms with Crippen LogP contribution in [0.4, 0.5) is 5.69 Å². The molecule has 0 spiro atoms. The molecule has 3 heteroatoms. The standard InChI is InChI=1S/C23H30N2O/c1-3-23(26)25(21-12-8-5-9-13-21)22-15-14-20(16-18(22)2)24-17-19-10-6-4-7-11-19/h4-13,18,20,22,24H,3,14-17H2,1-2H3. The molecule has 0 aromatic heterocycles. The Labute approximate surface area is 157 Å². The maximum Gasteiger partial charge on any atom is 0.226 e. The third kappa shape index (κ3) is 4.53. The van der Waals surface area contributed by atoms with Gasteiger partial charge >= 0.3 is 0 Å². The van der Waals surface area contributed by atoms with E-state index in [2.05, 4.69) is 59.6 Å². The lowest BCUT2D eigenvalue weighted by molar-refractivity contribution is -0.119. The van der Waals surface area contributed by atoms with Gasteiger partial charge < -0.3 is 10.2 Å². The van der Waals surface area contributed by atoms with Crippen molar-refractivity contribution in [1.29, 1.82) is 0 Å². The summed E-state index contributed by atoms with van der Waals surface area (Å²) in [7, 11) is 0. The molecule has 3 unspecified atom stereocenters. The van der Waals surface area contributed by atoms with Crippen LogP contribution in [0.25, 0.3) is 0 Å². The molecule has 1 N–H and O–H groups in total. The number of benzene rings is 2. The summed E-state index contributed by atoms with van der Waals surface area (Å²) in [5.74, 6) is 0.705. The second-order valence-corrected chi connectivity index (χ2v) is 7.37. The van der Waals surface area contributed by atoms with Gasteiger partial charge in [0.2, 0.25) is 5.91 Å². The number of para-hydroxylation sites is 1. The third-order valence-electron chi connectivity index (χ3n) is 5.50. The first-order chi connectivity index (χ1) is 12.7. The van der Waals surface area contributed by atoms with Crippen molar-refractivity contribution >= 4 is 11.6 Å². The molecule has 2 aromatic carbocycles. The van der Waals surface area contributed by atoms with E-state index in [1.165, 1.54) is 5.56 Å². The summed E-state index contributed by atoms with van der Waals surface area (Å²) in [6.07, 6.45) is 3.82. The molecular formula is C23H30N2O. The number of nitrogens with one attached hydrogen (secondary N) is 1. The zero-order valence-electron chi connectivity index (χ0n) is 15.9. The number of amides is 1. The van der Waals surface area contributed by atoms with Gasteiger partial charge in [-0.15, -0.1) is 0 Å². The Balaban J connectivity index is 1.64. The molecule has 1 aliphatic carbocycles. The quantitative estimate of drug-likeness (QED) is 0.813. The number of rotatable bonds is 6. The number of carbonyl (C=O) groups excluding carboxylic acids is 1. The first kappa shape index (κ1) is 18.7. The van der Waals surface area contributed by atoms with Crippen LogP contribution in [-0.4, -0.2) is 18.0 Å². The second-order valence-electron chi connectivity index (χ2n) is 7.37. The highest BCUT2D eigenvalue weighted by Gasteiger charge is 2.34. The number of anilines is 1. The van der Waals surface area contributed by atoms with Gasteiger partial charge in [-0.05, 0) is 42.9 Å². The van der Waals surface area contributed by atoms with Gasteiger partial charge in [-0.3, -0.25) is 4.79 Å². The summed E-state index contributed by atoms with van der Waals surface area (Å²) in [6.45, 7) is 5.16. The average Bonchev–Trinajstić information content (AvgIpc) is 2.69. The molecular weight excluding hydrogens is 320 g/mol. The second kappa shape index (κ2) is 9.00. The number of hydrogen-bond acceptors (Lipinski definition) is 2. The van der Waals surface area contributed by atoms with Crippen LogP contribution in [0.15, 0.2) is 60.7 Å². The van der Waals surface area contributed by atoms with Gasteiger partial charge in [0.1, 0.15) is 0 Å². The molecule has 1 saturated carbocycles. The zero-order valence-corrected chi connectivity index (χ0v) is 15.9. The number of carbonyl (C=O) groups is 1. The van der Waals surface area contributed by atoms with Crippen LogP contribution in [0, 0.1) is 5.92 Å². The van der Waals surface area contributed by atoms with Gasteiger partial charge in [0.25, 0.3) is 0 Å². The van der Waals surface area contributed by atoms with Crippen LogP contribution in [0.1, 0.15) is 45.1 Å². The molecule has 0 aliphatic heterocycles. The van der Waals surface area contributed by atoms with Crippen molar-refractivity contribution in [1.82, 2.24) is 5.32 Å². The zero-order chi connectivity index (χ0) is 18.4. The third-order valence-corrected chi connectivity index (χ3v) is 5.50. The minimum absolute atomic E-state index is 0.226. The summed E-state index contributed by atoms with van der Waals surface area (Å²) in [5.41, 5.74) is 2.36. The van der Waals surface area contributed by atoms with Crippen molar-refractivity contribution in [2.75, 3.05) is 4.90 Å². The van der Waals surface area contributed by atoms with Gasteiger partial charge in [-0.1, -0.05) is 62.4 Å². The summed E-state index contributed by atoms with van der Waals surface area (Å²) < 4.78 is 0. The van der Waals surface area contributed by atoms with E-state index in [4.69, 9.17) is 0 Å². The topological polar surface area (TPSA) is 32.3 Å². The van der Waals surface area contributed by atoms with E-state index in [1.807, 2.05) is 25.1 Å². The molecule has 0 radical (unpaired) electrons. The van der Waals surface area contributed by atoms with E-state index in [-0.39, 0.29) is 5.91 Å². The van der Waals surface area contributed by atoms with E-state index in [1.54, 1.807) is 0 Å². The lowest BCUT2D eigenvalue weighted by Gasteiger charge is -2.41. The van der Waals surface area contributed by atoms with Crippen LogP contribution in [0.5, 0.6) is 0 Å². The molecule has 0 saturated heterocycles. The van der Waals surface area contributed by atoms with Crippen molar-refractivity contribution in [3.8, 4) is 0 Å². The fourth-order valence-electron chi connectivity index (χ4n) is 4.09. The predicted molar refractivity (Wildman–Crippen MR) is 108 cm³/mol. The van der Waals surface area contributed by atoms with Crippen molar-refractivity contribution < 1.29 is 4.79 Å². The van der Waals surface area contributed by atoms with Crippen molar-refractivity contribution in [2.24, 2.45) is 5.92 Å². The summed E-state index contributed by atoms with van der Waals surface area (Å²) in [6, 6.07) is 21.5. The van der Waals surface area contributed by atoms with E-state index in [9.17, 15) is 4.79 Å². The predicted octanol–water partition coefficient (Wildman–Crippen LogP) is 4.78. The highest BCUT2D eigenvalue weighted by atomic mass is 16.2. The molecule has 3 nitrogen and oxygen atoms in total. The van der Waals surface area contributed by atoms with Crippen LogP contribution >= 0.6 is 0 Å². The first-order valence-electron chi connectivity index (χ1n) is 9.83. The van der Waals surface area contributed by atoms with E-state index < -0.39 is 0 Å². The first-order valence-corrected chi connectivity index (χ1v) is 9.83. The molecule has 0 heterocycles. The lowest BCUT2D eigenvalue weighted by atomic mass is 9.81. The number of nitrogens with zero attached hydrogens (tertiary/aromatic N) is 1. The molecule has 1 amide bonds. The molecule has 1 aliphatic rings. The molecule has 3 rings (SSSR count). The van der Waals surface area contributed by atoms with Gasteiger partial charge in [0.15, 0.2) is 0 Å². The average molecular weight is 351 g/mol. The highest BCUT2D eigenvalue weighted by molar-refractivity contribution is 5.93. The van der Waals surface area contributed by atoms with Crippen LogP contribution in [0.3, 0.4) is 0 Å². The molecule has 2 aromatic rings. The van der Waals surface area contributed by atoms with Crippen LogP contribution < -0.4 is 10.2 Å². The lowest BCUT2D eigenvalue weighted by Crippen LogP contribution is -2.49. The Bertz CT molecular complexity index is 686. The SMILES string of the molecule is CCC(=O)N(c1ccccc1)C1CCC(NCc2ccccc2)CC1C. The summed E-state index contributed by atoms with van der Waals surface area (Å²) in [4.78, 5) is 14.7. The van der Waals surface area contributed by atoms with Gasteiger partial charge in [-0.25, -0.2) is 0 Å². The van der Waals surface area contributed by atoms with Crippen LogP contribution in [0.2, 0.25) is 0 Å². The Hall–Kier alpha value is -2.13. The van der Waals surface area contributed by atoms with E-state index in [0.717, 1.165) is 31.5 Å². The fraction of sp³-hybridized carbons (Fsp3) is 0.435. The Morgan fingerprint density at radius 3 is 2.31 bits per heavy atom. The normalized spacial score (nSPS) is 22.8. The Morgan fingerprint density at radius 1 is 1.04 bits per heavy atom. The van der Waals surface area contributed by atoms with E-state index in [0.29, 0.717) is 24.4 Å². The Kier molecular flexibility index (Phi) is 6.45. The molecule has 1 fully saturated rings. The van der Waals surface area contributed by atoms with Gasteiger partial charge in [-0.2, -0.15) is 0 Å². The maximum atomic E-state index is 12.7. The molecule has 3 atom stereocenters. The smallest absolute Gasteiger partial charge is 0.226 e. The minimum atomic E-state index is 0.226. The molecule has 0 bridgehead atoms. The molecule has 26 heavy (non-hydrogen) atoms. The largest absolute Gasteiger partial charge is 0.310 e. The van der Waals surface area contributed by atoms with Gasteiger partial charge in [0.05, 0.1) is 0 Å². The van der Waals surface area contributed by atoms with Crippen LogP contribution in [-0.2, 0) is 11.3 Å². The molecule has 138 valence electrons. The summed E-state index contributed by atoms with van der Waals surface area (Å²) in [5, 5.41) is 3.71. The highest BCUT2D eigenvalue weighted by Crippen LogP contribution is 2.32. The van der Waals surface area contributed by atoms with E-state index >= 15 is 0 Å². The Morgan fingerprint density at radius 2 is 1.69 bits per heavy atom. The monoisotopic (exact) mass is 350 g/mol. The van der Waals surface area contributed by atoms with Crippen molar-refractivity contribution in [3.63, 3.8) is 0 Å². The minimum Gasteiger partial charge on any atom is -0.310 e. The summed E-state index contributed by atoms with van der Waals surface area (Å²) >= 11 is 0. The maximum absolute atomic E-state index is 12.7. The van der Waals surface area contributed by atoms with Crippen molar-refractivity contribution in [2.45, 2.75) is 58.2 Å². The fourth-order valence-corrected chi connectivity index (χ4v) is 4.09. The number of hydrogen-bond donors (Lipinski definition) is 1. The van der Waals surface area contributed by atoms with Gasteiger partial charge in [0, 0.05) is 30.7 Å².